The van der Waals surface area contributed by atoms with Crippen molar-refractivity contribution in [3.63, 3.8) is 0 Å². The van der Waals surface area contributed by atoms with E-state index in [9.17, 15) is 4.79 Å². The summed E-state index contributed by atoms with van der Waals surface area (Å²) in [7, 11) is 0. The molecule has 0 N–H and O–H groups in total. The van der Waals surface area contributed by atoms with Crippen molar-refractivity contribution in [2.24, 2.45) is 0 Å². The van der Waals surface area contributed by atoms with Gasteiger partial charge in [0.15, 0.2) is 0 Å². The van der Waals surface area contributed by atoms with Crippen molar-refractivity contribution in [1.29, 1.82) is 0 Å². The molecule has 58 valence electrons. The summed E-state index contributed by atoms with van der Waals surface area (Å²) in [6.45, 7) is 1.76. The van der Waals surface area contributed by atoms with E-state index in [4.69, 9.17) is 4.84 Å². The van der Waals surface area contributed by atoms with Crippen molar-refractivity contribution in [2.75, 3.05) is 0 Å². The molecule has 0 aliphatic rings. The second kappa shape index (κ2) is 3.71. The van der Waals surface area contributed by atoms with Crippen LogP contribution in [-0.4, -0.2) is 5.97 Å². The monoisotopic (exact) mass is 152 g/mol. The summed E-state index contributed by atoms with van der Waals surface area (Å²) < 4.78 is 1.38. The van der Waals surface area contributed by atoms with Crippen LogP contribution in [0, 0.1) is 0 Å². The molecule has 0 bridgehead atoms. The highest BCUT2D eigenvalue weighted by Gasteiger charge is 2.05. The van der Waals surface area contributed by atoms with Gasteiger partial charge in [0.2, 0.25) is 12.4 Å². The first-order valence-corrected chi connectivity index (χ1v) is 3.50. The number of rotatable bonds is 2. The van der Waals surface area contributed by atoms with Gasteiger partial charge in [-0.2, -0.15) is 4.84 Å². The Hall–Kier alpha value is -1.38. The molecule has 11 heavy (non-hydrogen) atoms. The Morgan fingerprint density at radius 2 is 2.00 bits per heavy atom. The largest absolute Gasteiger partial charge is 0.380 e. The smallest absolute Gasteiger partial charge is 0.245 e. The van der Waals surface area contributed by atoms with Gasteiger partial charge in [-0.1, -0.05) is 13.0 Å². The Balaban J connectivity index is 2.58. The molecule has 0 aromatic carbocycles. The molecule has 0 atom stereocenters. The molecular weight excluding hydrogens is 142 g/mol. The van der Waals surface area contributed by atoms with Crippen LogP contribution in [0.15, 0.2) is 30.6 Å². The van der Waals surface area contributed by atoms with E-state index in [-0.39, 0.29) is 5.97 Å². The van der Waals surface area contributed by atoms with Crippen LogP contribution < -0.4 is 9.57 Å². The third-order valence-corrected chi connectivity index (χ3v) is 1.18. The number of hydrogen-bond acceptors (Lipinski definition) is 2. The maximum absolute atomic E-state index is 10.7. The van der Waals surface area contributed by atoms with Gasteiger partial charge < -0.3 is 0 Å². The third kappa shape index (κ3) is 2.37. The molecule has 0 aliphatic heterocycles. The minimum absolute atomic E-state index is 0.235. The van der Waals surface area contributed by atoms with Crippen molar-refractivity contribution in [3.8, 4) is 0 Å². The van der Waals surface area contributed by atoms with E-state index in [0.717, 1.165) is 0 Å². The molecule has 0 saturated heterocycles. The molecule has 3 nitrogen and oxygen atoms in total. The minimum Gasteiger partial charge on any atom is -0.245 e. The Morgan fingerprint density at radius 3 is 2.55 bits per heavy atom. The van der Waals surface area contributed by atoms with Crippen molar-refractivity contribution in [1.82, 2.24) is 0 Å². The van der Waals surface area contributed by atoms with E-state index in [2.05, 4.69) is 0 Å². The molecule has 0 amide bonds. The van der Waals surface area contributed by atoms with Gasteiger partial charge in [0, 0.05) is 23.3 Å². The quantitative estimate of drug-likeness (QED) is 0.572. The summed E-state index contributed by atoms with van der Waals surface area (Å²) in [5, 5.41) is 0. The SMILES string of the molecule is CCC(=O)O[n+]1ccccc1. The van der Waals surface area contributed by atoms with Gasteiger partial charge in [0.25, 0.3) is 0 Å². The Bertz CT molecular complexity index is 233. The standard InChI is InChI=1S/C8H10NO2/c1-2-8(10)11-9-6-4-3-5-7-9/h3-7H,2H2,1H3/q+1. The number of nitrogens with zero attached hydrogens (tertiary/aromatic N) is 1. The van der Waals surface area contributed by atoms with E-state index in [1.54, 1.807) is 31.5 Å². The Labute approximate surface area is 65.2 Å². The number of hydrogen-bond donors (Lipinski definition) is 0. The lowest BCUT2D eigenvalue weighted by molar-refractivity contribution is -0.869. The fraction of sp³-hybridized carbons (Fsp3) is 0.250. The molecule has 1 aromatic rings. The average Bonchev–Trinajstić information content (AvgIpc) is 2.06. The molecule has 0 radical (unpaired) electrons. The zero-order valence-electron chi connectivity index (χ0n) is 6.36. The van der Waals surface area contributed by atoms with Crippen molar-refractivity contribution >= 4 is 5.97 Å². The van der Waals surface area contributed by atoms with E-state index in [0.29, 0.717) is 6.42 Å². The molecule has 1 rings (SSSR count). The predicted molar refractivity (Wildman–Crippen MR) is 38.5 cm³/mol. The molecule has 0 unspecified atom stereocenters. The summed E-state index contributed by atoms with van der Waals surface area (Å²) in [6, 6.07) is 5.45. The van der Waals surface area contributed by atoms with E-state index in [1.165, 1.54) is 4.73 Å². The lowest BCUT2D eigenvalue weighted by Gasteiger charge is -1.91. The first-order chi connectivity index (χ1) is 5.33. The highest BCUT2D eigenvalue weighted by atomic mass is 16.7. The van der Waals surface area contributed by atoms with Gasteiger partial charge in [-0.25, -0.2) is 4.79 Å². The van der Waals surface area contributed by atoms with Crippen LogP contribution in [-0.2, 0) is 4.79 Å². The van der Waals surface area contributed by atoms with Gasteiger partial charge in [0.05, 0.1) is 0 Å². The minimum atomic E-state index is -0.235. The zero-order chi connectivity index (χ0) is 8.10. The second-order valence-electron chi connectivity index (χ2n) is 2.05. The number of carbonyl (C=O) groups is 1. The van der Waals surface area contributed by atoms with Gasteiger partial charge in [-0.05, 0) is 0 Å². The summed E-state index contributed by atoms with van der Waals surface area (Å²) in [5.74, 6) is -0.235. The van der Waals surface area contributed by atoms with E-state index in [1.807, 2.05) is 6.07 Å². The van der Waals surface area contributed by atoms with Gasteiger partial charge in [-0.3, -0.25) is 0 Å². The summed E-state index contributed by atoms with van der Waals surface area (Å²) in [4.78, 5) is 15.6. The zero-order valence-corrected chi connectivity index (χ0v) is 6.36. The molecule has 1 aromatic heterocycles. The Morgan fingerprint density at radius 1 is 1.36 bits per heavy atom. The highest BCUT2D eigenvalue weighted by molar-refractivity contribution is 5.68. The van der Waals surface area contributed by atoms with Crippen LogP contribution in [0.1, 0.15) is 13.3 Å². The predicted octanol–water partition coefficient (Wildman–Crippen LogP) is 0.339. The lowest BCUT2D eigenvalue weighted by Crippen LogP contribution is -2.44. The molecule has 1 heterocycles. The van der Waals surface area contributed by atoms with Crippen molar-refractivity contribution in [3.05, 3.63) is 30.6 Å². The number of aromatic nitrogens is 1. The van der Waals surface area contributed by atoms with Crippen LogP contribution >= 0.6 is 0 Å². The maximum Gasteiger partial charge on any atom is 0.380 e. The second-order valence-corrected chi connectivity index (χ2v) is 2.05. The summed E-state index contributed by atoms with van der Waals surface area (Å²) >= 11 is 0. The van der Waals surface area contributed by atoms with E-state index < -0.39 is 0 Å². The topological polar surface area (TPSA) is 30.2 Å². The first-order valence-electron chi connectivity index (χ1n) is 3.50. The van der Waals surface area contributed by atoms with Crippen LogP contribution in [0.3, 0.4) is 0 Å². The fourth-order valence-electron chi connectivity index (χ4n) is 0.626. The van der Waals surface area contributed by atoms with Crippen LogP contribution in [0.25, 0.3) is 0 Å². The van der Waals surface area contributed by atoms with Crippen LogP contribution in [0.5, 0.6) is 0 Å². The molecular formula is C8H10NO2+. The molecule has 0 aliphatic carbocycles. The Kier molecular flexibility index (Phi) is 2.60. The number of carbonyl (C=O) groups excluding carboxylic acids is 1. The normalized spacial score (nSPS) is 9.18. The molecule has 0 spiro atoms. The highest BCUT2D eigenvalue weighted by Crippen LogP contribution is 1.77. The summed E-state index contributed by atoms with van der Waals surface area (Å²) in [5.41, 5.74) is 0. The van der Waals surface area contributed by atoms with Crippen molar-refractivity contribution in [2.45, 2.75) is 13.3 Å². The van der Waals surface area contributed by atoms with Gasteiger partial charge in [0.1, 0.15) is 0 Å². The average molecular weight is 152 g/mol. The molecule has 0 saturated carbocycles. The van der Waals surface area contributed by atoms with E-state index >= 15 is 0 Å². The number of pyridine rings is 1. The summed E-state index contributed by atoms with van der Waals surface area (Å²) in [6.07, 6.45) is 3.74. The maximum atomic E-state index is 10.7. The first kappa shape index (κ1) is 7.72. The fourth-order valence-corrected chi connectivity index (χ4v) is 0.626. The van der Waals surface area contributed by atoms with Crippen LogP contribution in [0.4, 0.5) is 0 Å². The van der Waals surface area contributed by atoms with Gasteiger partial charge >= 0.3 is 5.97 Å². The van der Waals surface area contributed by atoms with Gasteiger partial charge in [-0.15, -0.1) is 0 Å². The molecule has 3 heteroatoms. The van der Waals surface area contributed by atoms with Crippen LogP contribution in [0.2, 0.25) is 0 Å². The third-order valence-electron chi connectivity index (χ3n) is 1.18. The lowest BCUT2D eigenvalue weighted by atomic mass is 10.5. The molecule has 0 fully saturated rings. The van der Waals surface area contributed by atoms with Crippen molar-refractivity contribution < 1.29 is 14.4 Å².